The number of carboxylic acid groups (broad SMARTS) is 1. The van der Waals surface area contributed by atoms with Crippen LogP contribution in [0.15, 0.2) is 65.5 Å². The number of aliphatic carboxylic acids is 1. The van der Waals surface area contributed by atoms with Gasteiger partial charge in [0.1, 0.15) is 11.7 Å². The van der Waals surface area contributed by atoms with Crippen LogP contribution >= 0.6 is 0 Å². The van der Waals surface area contributed by atoms with E-state index in [2.05, 4.69) is 62.5 Å². The third kappa shape index (κ3) is 6.13. The molecule has 220 valence electrons. The largest absolute Gasteiger partial charge is 0.480 e. The molecule has 2 heterocycles. The summed E-state index contributed by atoms with van der Waals surface area (Å²) in [5.41, 5.74) is 5.79. The zero-order valence-electron chi connectivity index (χ0n) is 25.6. The SMILES string of the molecule is CC(C)(C)c1ccc(-c2ccc(-c3ccoc3)c3cc(C(=O)N[C@H](C(=O)O)C(C)(C)C)nc(CC4CCCC4)c23)cc1. The molecule has 1 aliphatic carbocycles. The van der Waals surface area contributed by atoms with Crippen molar-refractivity contribution in [2.24, 2.45) is 11.3 Å². The molecule has 2 aromatic heterocycles. The summed E-state index contributed by atoms with van der Waals surface area (Å²) in [6.45, 7) is 12.0. The molecule has 2 N–H and O–H groups in total. The molecular formula is C36H42N2O4. The Morgan fingerprint density at radius 3 is 2.19 bits per heavy atom. The maximum absolute atomic E-state index is 13.7. The highest BCUT2D eigenvalue weighted by Gasteiger charge is 2.33. The molecule has 0 aliphatic heterocycles. The van der Waals surface area contributed by atoms with E-state index in [1.807, 2.05) is 12.1 Å². The molecule has 0 radical (unpaired) electrons. The second kappa shape index (κ2) is 11.4. The average Bonchev–Trinajstić information content (AvgIpc) is 3.64. The lowest BCUT2D eigenvalue weighted by molar-refractivity contribution is -0.142. The number of benzene rings is 2. The molecule has 6 nitrogen and oxygen atoms in total. The summed E-state index contributed by atoms with van der Waals surface area (Å²) in [4.78, 5) is 30.7. The standard InChI is InChI=1S/C36H42N2O4/c1-35(2,3)25-13-11-23(12-14-25)27-16-15-26(24-17-18-42-21-24)28-20-30(33(39)38-32(34(40)41)36(4,5)6)37-29(31(27)28)19-22-9-7-8-10-22/h11-18,20-22,32H,7-10,19H2,1-6H3,(H,38,39)(H,40,41)/t32-/m1/s1. The Kier molecular flexibility index (Phi) is 8.02. The minimum Gasteiger partial charge on any atom is -0.480 e. The van der Waals surface area contributed by atoms with Crippen LogP contribution in [0.4, 0.5) is 0 Å². The van der Waals surface area contributed by atoms with E-state index < -0.39 is 23.3 Å². The Morgan fingerprint density at radius 2 is 1.62 bits per heavy atom. The number of fused-ring (bicyclic) bond motifs is 1. The molecule has 1 fully saturated rings. The number of nitrogens with one attached hydrogen (secondary N) is 1. The van der Waals surface area contributed by atoms with E-state index in [9.17, 15) is 14.7 Å². The van der Waals surface area contributed by atoms with E-state index >= 15 is 0 Å². The normalized spacial score (nSPS) is 15.2. The molecule has 1 saturated carbocycles. The van der Waals surface area contributed by atoms with Crippen molar-refractivity contribution in [3.8, 4) is 22.3 Å². The van der Waals surface area contributed by atoms with Crippen LogP contribution < -0.4 is 5.32 Å². The van der Waals surface area contributed by atoms with Crippen molar-refractivity contribution in [1.29, 1.82) is 0 Å². The maximum atomic E-state index is 13.7. The van der Waals surface area contributed by atoms with Crippen molar-refractivity contribution in [2.45, 2.75) is 85.1 Å². The first-order valence-electron chi connectivity index (χ1n) is 15.0. The van der Waals surface area contributed by atoms with Crippen molar-refractivity contribution in [3.63, 3.8) is 0 Å². The number of rotatable bonds is 7. The number of carbonyl (C=O) groups is 2. The number of hydrogen-bond acceptors (Lipinski definition) is 4. The number of carboxylic acids is 1. The van der Waals surface area contributed by atoms with Gasteiger partial charge < -0.3 is 14.8 Å². The molecule has 0 saturated heterocycles. The molecule has 42 heavy (non-hydrogen) atoms. The van der Waals surface area contributed by atoms with Gasteiger partial charge in [-0.2, -0.15) is 0 Å². The van der Waals surface area contributed by atoms with E-state index in [0.717, 1.165) is 58.0 Å². The smallest absolute Gasteiger partial charge is 0.326 e. The maximum Gasteiger partial charge on any atom is 0.326 e. The van der Waals surface area contributed by atoms with E-state index in [4.69, 9.17) is 9.40 Å². The summed E-state index contributed by atoms with van der Waals surface area (Å²) < 4.78 is 5.45. The molecule has 1 amide bonds. The van der Waals surface area contributed by atoms with Gasteiger partial charge in [0, 0.05) is 10.9 Å². The van der Waals surface area contributed by atoms with Crippen LogP contribution in [-0.2, 0) is 16.6 Å². The average molecular weight is 567 g/mol. The van der Waals surface area contributed by atoms with Crippen LogP contribution in [0.1, 0.15) is 89.0 Å². The van der Waals surface area contributed by atoms with Crippen molar-refractivity contribution in [1.82, 2.24) is 10.3 Å². The molecule has 0 spiro atoms. The third-order valence-electron chi connectivity index (χ3n) is 8.54. The van der Waals surface area contributed by atoms with Crippen LogP contribution in [0, 0.1) is 11.3 Å². The van der Waals surface area contributed by atoms with Gasteiger partial charge in [0.15, 0.2) is 0 Å². The van der Waals surface area contributed by atoms with E-state index in [-0.39, 0.29) is 11.1 Å². The van der Waals surface area contributed by atoms with Gasteiger partial charge in [-0.1, -0.05) is 104 Å². The predicted octanol–water partition coefficient (Wildman–Crippen LogP) is 8.42. The Labute approximate surface area is 248 Å². The van der Waals surface area contributed by atoms with Gasteiger partial charge >= 0.3 is 5.97 Å². The summed E-state index contributed by atoms with van der Waals surface area (Å²) in [5, 5.41) is 14.6. The van der Waals surface area contributed by atoms with Gasteiger partial charge in [0.05, 0.1) is 18.2 Å². The Bertz CT molecular complexity index is 1580. The van der Waals surface area contributed by atoms with Gasteiger partial charge in [0.2, 0.25) is 0 Å². The lowest BCUT2D eigenvalue weighted by Gasteiger charge is -2.27. The molecular weight excluding hydrogens is 524 g/mol. The monoisotopic (exact) mass is 566 g/mol. The number of nitrogens with zero attached hydrogens (tertiary/aromatic N) is 1. The molecule has 1 aliphatic rings. The number of pyridine rings is 1. The molecule has 6 heteroatoms. The van der Waals surface area contributed by atoms with Gasteiger partial charge in [-0.3, -0.25) is 4.79 Å². The van der Waals surface area contributed by atoms with Crippen LogP contribution in [0.3, 0.4) is 0 Å². The number of amides is 1. The summed E-state index contributed by atoms with van der Waals surface area (Å²) in [7, 11) is 0. The topological polar surface area (TPSA) is 92.4 Å². The minimum atomic E-state index is -1.07. The van der Waals surface area contributed by atoms with Crippen LogP contribution in [0.2, 0.25) is 0 Å². The lowest BCUT2D eigenvalue weighted by atomic mass is 9.85. The molecule has 0 bridgehead atoms. The van der Waals surface area contributed by atoms with Crippen LogP contribution in [-0.4, -0.2) is 28.0 Å². The zero-order valence-corrected chi connectivity index (χ0v) is 25.6. The van der Waals surface area contributed by atoms with Crippen LogP contribution in [0.25, 0.3) is 33.0 Å². The highest BCUT2D eigenvalue weighted by atomic mass is 16.4. The fourth-order valence-electron chi connectivity index (χ4n) is 6.12. The van der Waals surface area contributed by atoms with E-state index in [1.54, 1.807) is 33.3 Å². The molecule has 5 rings (SSSR count). The quantitative estimate of drug-likeness (QED) is 0.234. The minimum absolute atomic E-state index is 0.0457. The zero-order chi connectivity index (χ0) is 30.2. The highest BCUT2D eigenvalue weighted by molar-refractivity contribution is 6.09. The Hall–Kier alpha value is -3.93. The predicted molar refractivity (Wildman–Crippen MR) is 168 cm³/mol. The first kappa shape index (κ1) is 29.6. The Morgan fingerprint density at radius 1 is 0.952 bits per heavy atom. The molecule has 1 atom stereocenters. The number of hydrogen-bond donors (Lipinski definition) is 2. The van der Waals surface area contributed by atoms with Gasteiger partial charge in [-0.15, -0.1) is 0 Å². The van der Waals surface area contributed by atoms with Gasteiger partial charge in [0.25, 0.3) is 5.91 Å². The molecule has 4 aromatic rings. The molecule has 2 aromatic carbocycles. The van der Waals surface area contributed by atoms with Crippen molar-refractivity contribution in [2.75, 3.05) is 0 Å². The Balaban J connectivity index is 1.72. The highest BCUT2D eigenvalue weighted by Crippen LogP contribution is 2.40. The van der Waals surface area contributed by atoms with Crippen molar-refractivity contribution in [3.05, 3.63) is 78.0 Å². The van der Waals surface area contributed by atoms with Gasteiger partial charge in [-0.05, 0) is 62.9 Å². The number of carbonyl (C=O) groups excluding carboxylic acids is 1. The second-order valence-corrected chi connectivity index (χ2v) is 13.8. The van der Waals surface area contributed by atoms with Crippen LogP contribution in [0.5, 0.6) is 0 Å². The lowest BCUT2D eigenvalue weighted by Crippen LogP contribution is -2.49. The number of aromatic nitrogens is 1. The van der Waals surface area contributed by atoms with E-state index in [0.29, 0.717) is 5.92 Å². The summed E-state index contributed by atoms with van der Waals surface area (Å²) >= 11 is 0. The molecule has 0 unspecified atom stereocenters. The fraction of sp³-hybridized carbons (Fsp3) is 0.417. The second-order valence-electron chi connectivity index (χ2n) is 13.8. The number of furan rings is 1. The summed E-state index contributed by atoms with van der Waals surface area (Å²) in [6.07, 6.45) is 8.82. The first-order chi connectivity index (χ1) is 19.8. The summed E-state index contributed by atoms with van der Waals surface area (Å²) in [6, 6.07) is 15.6. The van der Waals surface area contributed by atoms with Gasteiger partial charge in [-0.25, -0.2) is 9.78 Å². The van der Waals surface area contributed by atoms with E-state index in [1.165, 1.54) is 18.4 Å². The first-order valence-corrected chi connectivity index (χ1v) is 15.0. The van der Waals surface area contributed by atoms with Crippen molar-refractivity contribution >= 4 is 22.6 Å². The third-order valence-corrected chi connectivity index (χ3v) is 8.54. The summed E-state index contributed by atoms with van der Waals surface area (Å²) in [5.74, 6) is -1.05. The van der Waals surface area contributed by atoms with Crippen molar-refractivity contribution < 1.29 is 19.1 Å². The fourth-order valence-corrected chi connectivity index (χ4v) is 6.12.